The standard InChI is InChI=1S/C25H35N3O5S/c1-18-9-12-22(16-19(18)2)28(34(6,31)32)15-7-8-24(29)27(20(3)25(30)26-4)17-21-10-13-23(33-5)14-11-21/h9-14,16,20H,7-8,15,17H2,1-6H3,(H,26,30). The van der Waals surface area contributed by atoms with Crippen LogP contribution in [0, 0.1) is 13.8 Å². The van der Waals surface area contributed by atoms with Crippen molar-refractivity contribution in [3.63, 3.8) is 0 Å². The molecule has 0 aliphatic heterocycles. The Bertz CT molecular complexity index is 1100. The number of methoxy groups -OCH3 is 1. The minimum absolute atomic E-state index is 0.106. The Morgan fingerprint density at radius 2 is 1.71 bits per heavy atom. The van der Waals surface area contributed by atoms with Gasteiger partial charge in [0.1, 0.15) is 11.8 Å². The molecule has 1 unspecified atom stereocenters. The maximum Gasteiger partial charge on any atom is 0.242 e. The normalized spacial score (nSPS) is 12.1. The molecule has 0 saturated carbocycles. The highest BCUT2D eigenvalue weighted by Gasteiger charge is 2.26. The van der Waals surface area contributed by atoms with Crippen molar-refractivity contribution in [2.75, 3.05) is 31.3 Å². The summed E-state index contributed by atoms with van der Waals surface area (Å²) in [7, 11) is -0.412. The number of ether oxygens (including phenoxy) is 1. The number of sulfonamides is 1. The highest BCUT2D eigenvalue weighted by molar-refractivity contribution is 7.92. The van der Waals surface area contributed by atoms with Crippen molar-refractivity contribution in [1.29, 1.82) is 0 Å². The van der Waals surface area contributed by atoms with Gasteiger partial charge in [-0.15, -0.1) is 0 Å². The van der Waals surface area contributed by atoms with Gasteiger partial charge >= 0.3 is 0 Å². The van der Waals surface area contributed by atoms with Crippen molar-refractivity contribution in [3.05, 3.63) is 59.2 Å². The third-order valence-corrected chi connectivity index (χ3v) is 7.05. The van der Waals surface area contributed by atoms with Gasteiger partial charge in [-0.2, -0.15) is 0 Å². The number of nitrogens with one attached hydrogen (secondary N) is 1. The topological polar surface area (TPSA) is 96.0 Å². The van der Waals surface area contributed by atoms with Gasteiger partial charge in [0.2, 0.25) is 21.8 Å². The Morgan fingerprint density at radius 1 is 1.06 bits per heavy atom. The summed E-state index contributed by atoms with van der Waals surface area (Å²) >= 11 is 0. The molecule has 0 aromatic heterocycles. The molecule has 9 heteroatoms. The second-order valence-electron chi connectivity index (χ2n) is 8.37. The molecule has 0 aliphatic rings. The van der Waals surface area contributed by atoms with Crippen LogP contribution in [-0.2, 0) is 26.2 Å². The van der Waals surface area contributed by atoms with Crippen LogP contribution in [0.25, 0.3) is 0 Å². The summed E-state index contributed by atoms with van der Waals surface area (Å²) in [5, 5.41) is 2.59. The zero-order valence-corrected chi connectivity index (χ0v) is 21.6. The monoisotopic (exact) mass is 489 g/mol. The van der Waals surface area contributed by atoms with Gasteiger partial charge in [-0.25, -0.2) is 8.42 Å². The van der Waals surface area contributed by atoms with Crippen LogP contribution in [0.4, 0.5) is 5.69 Å². The molecule has 0 fully saturated rings. The summed E-state index contributed by atoms with van der Waals surface area (Å²) in [5.41, 5.74) is 3.50. The first kappa shape index (κ1) is 27.2. The van der Waals surface area contributed by atoms with E-state index in [0.29, 0.717) is 17.9 Å². The van der Waals surface area contributed by atoms with Crippen LogP contribution < -0.4 is 14.4 Å². The fourth-order valence-electron chi connectivity index (χ4n) is 3.60. The van der Waals surface area contributed by atoms with Crippen molar-refractivity contribution >= 4 is 27.5 Å². The molecule has 0 radical (unpaired) electrons. The molecule has 186 valence electrons. The second kappa shape index (κ2) is 11.9. The van der Waals surface area contributed by atoms with Gasteiger partial charge < -0.3 is 15.0 Å². The minimum atomic E-state index is -3.52. The molecule has 0 bridgehead atoms. The van der Waals surface area contributed by atoms with Crippen LogP contribution in [0.5, 0.6) is 5.75 Å². The SMILES string of the molecule is CNC(=O)C(C)N(Cc1ccc(OC)cc1)C(=O)CCCN(c1ccc(C)c(C)c1)S(C)(=O)=O. The predicted octanol–water partition coefficient (Wildman–Crippen LogP) is 3.02. The largest absolute Gasteiger partial charge is 0.497 e. The lowest BCUT2D eigenvalue weighted by Crippen LogP contribution is -2.46. The molecular weight excluding hydrogens is 454 g/mol. The van der Waals surface area contributed by atoms with E-state index < -0.39 is 16.1 Å². The van der Waals surface area contributed by atoms with Gasteiger partial charge in [-0.05, 0) is 68.1 Å². The van der Waals surface area contributed by atoms with Crippen molar-refractivity contribution in [3.8, 4) is 5.75 Å². The van der Waals surface area contributed by atoms with E-state index in [-0.39, 0.29) is 31.3 Å². The van der Waals surface area contributed by atoms with Crippen LogP contribution in [0.2, 0.25) is 0 Å². The number of amides is 2. The predicted molar refractivity (Wildman–Crippen MR) is 134 cm³/mol. The lowest BCUT2D eigenvalue weighted by Gasteiger charge is -2.29. The Balaban J connectivity index is 2.15. The molecule has 2 rings (SSSR count). The second-order valence-corrected chi connectivity index (χ2v) is 10.3. The van der Waals surface area contributed by atoms with E-state index >= 15 is 0 Å². The Hall–Kier alpha value is -3.07. The maximum absolute atomic E-state index is 13.2. The first-order chi connectivity index (χ1) is 16.0. The third kappa shape index (κ3) is 7.21. The fourth-order valence-corrected chi connectivity index (χ4v) is 4.56. The summed E-state index contributed by atoms with van der Waals surface area (Å²) in [5.74, 6) is 0.211. The van der Waals surface area contributed by atoms with Gasteiger partial charge in [0.05, 0.1) is 19.1 Å². The number of anilines is 1. The van der Waals surface area contributed by atoms with E-state index in [0.717, 1.165) is 22.9 Å². The molecule has 34 heavy (non-hydrogen) atoms. The average molecular weight is 490 g/mol. The fraction of sp³-hybridized carbons (Fsp3) is 0.440. The van der Waals surface area contributed by atoms with Crippen LogP contribution >= 0.6 is 0 Å². The molecule has 1 N–H and O–H groups in total. The van der Waals surface area contributed by atoms with E-state index in [1.54, 1.807) is 32.2 Å². The van der Waals surface area contributed by atoms with Gasteiger partial charge in [-0.3, -0.25) is 13.9 Å². The summed E-state index contributed by atoms with van der Waals surface area (Å²) in [6, 6.07) is 12.1. The van der Waals surface area contributed by atoms with E-state index in [4.69, 9.17) is 4.74 Å². The third-order valence-electron chi connectivity index (χ3n) is 5.86. The Morgan fingerprint density at radius 3 is 2.24 bits per heavy atom. The molecule has 2 amide bonds. The summed E-state index contributed by atoms with van der Waals surface area (Å²) in [6.07, 6.45) is 1.58. The van der Waals surface area contributed by atoms with Gasteiger partial charge in [0, 0.05) is 26.6 Å². The van der Waals surface area contributed by atoms with Crippen molar-refractivity contribution in [2.45, 2.75) is 46.2 Å². The van der Waals surface area contributed by atoms with Crippen LogP contribution in [0.1, 0.15) is 36.5 Å². The molecular formula is C25H35N3O5S. The van der Waals surface area contributed by atoms with Crippen molar-refractivity contribution < 1.29 is 22.7 Å². The number of hydrogen-bond donors (Lipinski definition) is 1. The molecule has 2 aromatic carbocycles. The highest BCUT2D eigenvalue weighted by Crippen LogP contribution is 2.22. The smallest absolute Gasteiger partial charge is 0.242 e. The summed E-state index contributed by atoms with van der Waals surface area (Å²) in [6.45, 7) is 5.99. The number of aryl methyl sites for hydroxylation is 2. The molecule has 0 heterocycles. The minimum Gasteiger partial charge on any atom is -0.497 e. The zero-order valence-electron chi connectivity index (χ0n) is 20.8. The molecule has 2 aromatic rings. The Labute approximate surface area is 202 Å². The lowest BCUT2D eigenvalue weighted by molar-refractivity contribution is -0.140. The lowest BCUT2D eigenvalue weighted by atomic mass is 10.1. The van der Waals surface area contributed by atoms with Crippen LogP contribution in [-0.4, -0.2) is 58.1 Å². The number of benzene rings is 2. The highest BCUT2D eigenvalue weighted by atomic mass is 32.2. The van der Waals surface area contributed by atoms with Crippen molar-refractivity contribution in [2.24, 2.45) is 0 Å². The van der Waals surface area contributed by atoms with Gasteiger partial charge in [0.25, 0.3) is 0 Å². The number of carbonyl (C=O) groups excluding carboxylic acids is 2. The van der Waals surface area contributed by atoms with Gasteiger partial charge in [-0.1, -0.05) is 18.2 Å². The molecule has 1 atom stereocenters. The van der Waals surface area contributed by atoms with Crippen LogP contribution in [0.15, 0.2) is 42.5 Å². The molecule has 0 spiro atoms. The zero-order chi connectivity index (χ0) is 25.5. The van der Waals surface area contributed by atoms with E-state index in [1.807, 2.05) is 38.1 Å². The Kier molecular flexibility index (Phi) is 9.49. The van der Waals surface area contributed by atoms with E-state index in [9.17, 15) is 18.0 Å². The number of nitrogens with zero attached hydrogens (tertiary/aromatic N) is 2. The first-order valence-corrected chi connectivity index (χ1v) is 13.0. The van der Waals surface area contributed by atoms with Crippen LogP contribution in [0.3, 0.4) is 0 Å². The summed E-state index contributed by atoms with van der Waals surface area (Å²) in [4.78, 5) is 27.0. The quantitative estimate of drug-likeness (QED) is 0.523. The number of hydrogen-bond acceptors (Lipinski definition) is 5. The average Bonchev–Trinajstić information content (AvgIpc) is 2.80. The van der Waals surface area contributed by atoms with Crippen molar-refractivity contribution in [1.82, 2.24) is 10.2 Å². The number of rotatable bonds is 11. The molecule has 0 aliphatic carbocycles. The first-order valence-electron chi connectivity index (χ1n) is 11.2. The molecule has 8 nitrogen and oxygen atoms in total. The summed E-state index contributed by atoms with van der Waals surface area (Å²) < 4.78 is 31.4. The number of carbonyl (C=O) groups is 2. The van der Waals surface area contributed by atoms with E-state index in [2.05, 4.69) is 5.32 Å². The molecule has 0 saturated heterocycles. The van der Waals surface area contributed by atoms with Gasteiger partial charge in [0.15, 0.2) is 0 Å². The maximum atomic E-state index is 13.2. The van der Waals surface area contributed by atoms with E-state index in [1.165, 1.54) is 16.3 Å². The number of likely N-dealkylation sites (N-methyl/N-ethyl adjacent to an activating group) is 1.